The first-order valence-corrected chi connectivity index (χ1v) is 10.6. The normalized spacial score (nSPS) is 13.8. The Hall–Kier alpha value is -2.08. The number of carbonyl (C=O) groups is 1. The Bertz CT molecular complexity index is 790. The van der Waals surface area contributed by atoms with Gasteiger partial charge < -0.3 is 9.80 Å². The number of aryl methyl sites for hydroxylation is 1. The van der Waals surface area contributed by atoms with Crippen LogP contribution in [-0.2, 0) is 5.75 Å². The minimum atomic E-state index is 0.148. The summed E-state index contributed by atoms with van der Waals surface area (Å²) in [5, 5.41) is 0.782. The number of anilines is 1. The number of amides is 1. The molecule has 0 saturated carbocycles. The van der Waals surface area contributed by atoms with Crippen LogP contribution in [0, 0.1) is 6.92 Å². The third-order valence-electron chi connectivity index (χ3n) is 4.71. The molecule has 1 amide bonds. The van der Waals surface area contributed by atoms with E-state index in [-0.39, 0.29) is 5.91 Å². The predicted octanol–water partition coefficient (Wildman–Crippen LogP) is 4.16. The second-order valence-electron chi connectivity index (χ2n) is 7.06. The fraction of sp³-hybridized carbons (Fsp3) is 0.476. The summed E-state index contributed by atoms with van der Waals surface area (Å²) >= 11 is 1.62. The Morgan fingerprint density at radius 1 is 1.22 bits per heavy atom. The summed E-state index contributed by atoms with van der Waals surface area (Å²) < 4.78 is 0. The van der Waals surface area contributed by atoms with Crippen molar-refractivity contribution in [3.8, 4) is 0 Å². The van der Waals surface area contributed by atoms with Gasteiger partial charge >= 0.3 is 0 Å². The zero-order valence-electron chi connectivity index (χ0n) is 16.4. The molecule has 2 aromatic rings. The monoisotopic (exact) mass is 384 g/mol. The zero-order chi connectivity index (χ0) is 19.2. The van der Waals surface area contributed by atoms with Crippen LogP contribution in [0.15, 0.2) is 35.5 Å². The summed E-state index contributed by atoms with van der Waals surface area (Å²) in [4.78, 5) is 26.0. The third-order valence-corrected chi connectivity index (χ3v) is 5.62. The molecule has 0 unspecified atom stereocenters. The molecule has 3 rings (SSSR count). The molecule has 0 spiro atoms. The average molecular weight is 385 g/mol. The molecule has 0 N–H and O–H groups in total. The lowest BCUT2D eigenvalue weighted by Gasteiger charge is -2.18. The van der Waals surface area contributed by atoms with Gasteiger partial charge in [0.05, 0.1) is 0 Å². The topological polar surface area (TPSA) is 49.3 Å². The summed E-state index contributed by atoms with van der Waals surface area (Å²) in [5.74, 6) is 1.86. The fourth-order valence-electron chi connectivity index (χ4n) is 3.28. The van der Waals surface area contributed by atoms with Crippen molar-refractivity contribution in [1.29, 1.82) is 0 Å². The Labute approximate surface area is 166 Å². The van der Waals surface area contributed by atoms with E-state index in [4.69, 9.17) is 4.98 Å². The number of likely N-dealkylation sites (tertiary alicyclic amines) is 1. The maximum atomic E-state index is 12.6. The first-order chi connectivity index (χ1) is 13.1. The summed E-state index contributed by atoms with van der Waals surface area (Å²) in [6, 6.07) is 9.98. The molecular formula is C21H28N4OS. The molecule has 1 aromatic carbocycles. The second kappa shape index (κ2) is 9.22. The Balaban J connectivity index is 1.68. The number of benzene rings is 1. The number of nitrogens with zero attached hydrogens (tertiary/aromatic N) is 4. The number of carbonyl (C=O) groups excluding carboxylic acids is 1. The van der Waals surface area contributed by atoms with Crippen LogP contribution in [0.2, 0.25) is 0 Å². The Morgan fingerprint density at radius 2 is 2.00 bits per heavy atom. The van der Waals surface area contributed by atoms with Crippen LogP contribution < -0.4 is 4.90 Å². The number of hydrogen-bond acceptors (Lipinski definition) is 5. The van der Waals surface area contributed by atoms with Crippen molar-refractivity contribution in [3.63, 3.8) is 0 Å². The van der Waals surface area contributed by atoms with E-state index in [1.165, 1.54) is 0 Å². The van der Waals surface area contributed by atoms with Gasteiger partial charge in [-0.15, -0.1) is 0 Å². The largest absolute Gasteiger partial charge is 0.360 e. The standard InChI is InChI=1S/C21H28N4OS/c1-4-10-24(3)19-13-16(2)22-21(23-19)27-15-17-8-7-9-18(14-17)20(26)25-11-5-6-12-25/h7-9,13-14H,4-6,10-12,15H2,1-3H3. The van der Waals surface area contributed by atoms with Crippen LogP contribution >= 0.6 is 11.8 Å². The van der Waals surface area contributed by atoms with Gasteiger partial charge in [0.25, 0.3) is 5.91 Å². The lowest BCUT2D eigenvalue weighted by atomic mass is 10.1. The van der Waals surface area contributed by atoms with Crippen LogP contribution in [0.25, 0.3) is 0 Å². The third kappa shape index (κ3) is 5.22. The smallest absolute Gasteiger partial charge is 0.253 e. The quantitative estimate of drug-likeness (QED) is 0.530. The number of aromatic nitrogens is 2. The van der Waals surface area contributed by atoms with E-state index in [1.54, 1.807) is 11.8 Å². The van der Waals surface area contributed by atoms with Gasteiger partial charge in [0.1, 0.15) is 5.82 Å². The Kier molecular flexibility index (Phi) is 6.72. The molecule has 6 heteroatoms. The summed E-state index contributed by atoms with van der Waals surface area (Å²) in [7, 11) is 2.06. The number of thioether (sulfide) groups is 1. The molecule has 1 aromatic heterocycles. The highest BCUT2D eigenvalue weighted by Crippen LogP contribution is 2.23. The van der Waals surface area contributed by atoms with Crippen molar-refractivity contribution < 1.29 is 4.79 Å². The van der Waals surface area contributed by atoms with E-state index in [0.717, 1.165) is 72.4 Å². The number of hydrogen-bond donors (Lipinski definition) is 0. The molecular weight excluding hydrogens is 356 g/mol. The average Bonchev–Trinajstić information content (AvgIpc) is 3.20. The van der Waals surface area contributed by atoms with Crippen LogP contribution in [0.1, 0.15) is 47.8 Å². The molecule has 2 heterocycles. The van der Waals surface area contributed by atoms with Gasteiger partial charge in [0.15, 0.2) is 5.16 Å². The maximum Gasteiger partial charge on any atom is 0.253 e. The van der Waals surface area contributed by atoms with Gasteiger partial charge in [-0.1, -0.05) is 30.8 Å². The molecule has 1 aliphatic heterocycles. The van der Waals surface area contributed by atoms with Crippen LogP contribution in [0.4, 0.5) is 5.82 Å². The molecule has 0 radical (unpaired) electrons. The maximum absolute atomic E-state index is 12.6. The van der Waals surface area contributed by atoms with E-state index in [2.05, 4.69) is 29.9 Å². The lowest BCUT2D eigenvalue weighted by molar-refractivity contribution is 0.0792. The predicted molar refractivity (Wildman–Crippen MR) is 111 cm³/mol. The molecule has 0 atom stereocenters. The number of rotatable bonds is 7. The van der Waals surface area contributed by atoms with Crippen LogP contribution in [0.3, 0.4) is 0 Å². The van der Waals surface area contributed by atoms with E-state index < -0.39 is 0 Å². The highest BCUT2D eigenvalue weighted by atomic mass is 32.2. The summed E-state index contributed by atoms with van der Waals surface area (Å²) in [6.45, 7) is 6.90. The van der Waals surface area contributed by atoms with Crippen molar-refractivity contribution in [2.75, 3.05) is 31.6 Å². The molecule has 144 valence electrons. The Morgan fingerprint density at radius 3 is 2.74 bits per heavy atom. The molecule has 0 bridgehead atoms. The summed E-state index contributed by atoms with van der Waals surface area (Å²) in [6.07, 6.45) is 3.31. The van der Waals surface area contributed by atoms with E-state index in [1.807, 2.05) is 36.1 Å². The van der Waals surface area contributed by atoms with Gasteiger partial charge in [0.2, 0.25) is 0 Å². The molecule has 27 heavy (non-hydrogen) atoms. The molecule has 0 aliphatic carbocycles. The van der Waals surface area contributed by atoms with Gasteiger partial charge in [0, 0.05) is 49.8 Å². The fourth-order valence-corrected chi connectivity index (χ4v) is 4.12. The van der Waals surface area contributed by atoms with Crippen molar-refractivity contribution in [2.45, 2.75) is 44.0 Å². The van der Waals surface area contributed by atoms with E-state index in [9.17, 15) is 4.79 Å². The highest BCUT2D eigenvalue weighted by molar-refractivity contribution is 7.98. The van der Waals surface area contributed by atoms with Crippen LogP contribution in [-0.4, -0.2) is 47.5 Å². The SMILES string of the molecule is CCCN(C)c1cc(C)nc(SCc2cccc(C(=O)N3CCCC3)c2)n1. The van der Waals surface area contributed by atoms with E-state index in [0.29, 0.717) is 0 Å². The first kappa shape index (κ1) is 19.7. The summed E-state index contributed by atoms with van der Waals surface area (Å²) in [5.41, 5.74) is 2.88. The van der Waals surface area contributed by atoms with Crippen molar-refractivity contribution in [1.82, 2.24) is 14.9 Å². The van der Waals surface area contributed by atoms with Gasteiger partial charge in [-0.3, -0.25) is 4.79 Å². The lowest BCUT2D eigenvalue weighted by Crippen LogP contribution is -2.27. The highest BCUT2D eigenvalue weighted by Gasteiger charge is 2.19. The van der Waals surface area contributed by atoms with Crippen molar-refractivity contribution >= 4 is 23.5 Å². The molecule has 1 aliphatic rings. The minimum Gasteiger partial charge on any atom is -0.360 e. The van der Waals surface area contributed by atoms with Crippen LogP contribution in [0.5, 0.6) is 0 Å². The van der Waals surface area contributed by atoms with Crippen molar-refractivity contribution in [3.05, 3.63) is 47.2 Å². The van der Waals surface area contributed by atoms with Gasteiger partial charge in [-0.05, 0) is 43.9 Å². The minimum absolute atomic E-state index is 0.148. The molecule has 1 fully saturated rings. The van der Waals surface area contributed by atoms with Gasteiger partial charge in [-0.2, -0.15) is 0 Å². The van der Waals surface area contributed by atoms with E-state index >= 15 is 0 Å². The second-order valence-corrected chi connectivity index (χ2v) is 8.00. The zero-order valence-corrected chi connectivity index (χ0v) is 17.3. The van der Waals surface area contributed by atoms with Crippen molar-refractivity contribution in [2.24, 2.45) is 0 Å². The molecule has 5 nitrogen and oxygen atoms in total. The molecule has 1 saturated heterocycles. The van der Waals surface area contributed by atoms with Gasteiger partial charge in [-0.25, -0.2) is 9.97 Å². The first-order valence-electron chi connectivity index (χ1n) is 9.64.